The first kappa shape index (κ1) is 10.5. The van der Waals surface area contributed by atoms with Gasteiger partial charge in [-0.2, -0.15) is 0 Å². The highest BCUT2D eigenvalue weighted by molar-refractivity contribution is 5.67. The Morgan fingerprint density at radius 2 is 2.15 bits per heavy atom. The molecular formula is C9H17NO3. The van der Waals surface area contributed by atoms with Crippen LogP contribution in [0.2, 0.25) is 0 Å². The van der Waals surface area contributed by atoms with E-state index in [4.69, 9.17) is 9.84 Å². The molecule has 0 aromatic rings. The van der Waals surface area contributed by atoms with Crippen LogP contribution in [0.1, 0.15) is 19.8 Å². The Bertz CT molecular complexity index is 166. The van der Waals surface area contributed by atoms with Gasteiger partial charge in [0.1, 0.15) is 6.61 Å². The predicted molar refractivity (Wildman–Crippen MR) is 48.7 cm³/mol. The summed E-state index contributed by atoms with van der Waals surface area (Å²) in [5, 5.41) is 8.35. The van der Waals surface area contributed by atoms with Crippen molar-refractivity contribution in [2.24, 2.45) is 0 Å². The van der Waals surface area contributed by atoms with Gasteiger partial charge < -0.3 is 9.84 Å². The molecule has 0 saturated carbocycles. The minimum absolute atomic E-state index is 0.182. The summed E-state index contributed by atoms with van der Waals surface area (Å²) >= 11 is 0. The molecule has 1 aliphatic rings. The van der Waals surface area contributed by atoms with Crippen LogP contribution in [0.3, 0.4) is 0 Å². The van der Waals surface area contributed by atoms with Crippen LogP contribution in [0.5, 0.6) is 0 Å². The van der Waals surface area contributed by atoms with E-state index in [2.05, 4.69) is 11.8 Å². The molecule has 0 aliphatic carbocycles. The quantitative estimate of drug-likeness (QED) is 0.683. The number of ether oxygens (including phenoxy) is 1. The van der Waals surface area contributed by atoms with Crippen LogP contribution in [0, 0.1) is 0 Å². The molecule has 0 amide bonds. The van der Waals surface area contributed by atoms with Crippen molar-refractivity contribution in [3.8, 4) is 0 Å². The van der Waals surface area contributed by atoms with Crippen molar-refractivity contribution in [2.45, 2.75) is 25.8 Å². The fourth-order valence-electron chi connectivity index (χ4n) is 1.60. The molecule has 1 fully saturated rings. The van der Waals surface area contributed by atoms with E-state index in [1.54, 1.807) is 0 Å². The minimum Gasteiger partial charge on any atom is -0.480 e. The number of carboxylic acids is 1. The van der Waals surface area contributed by atoms with E-state index < -0.39 is 5.97 Å². The molecule has 1 rings (SSSR count). The minimum atomic E-state index is -0.895. The van der Waals surface area contributed by atoms with E-state index in [9.17, 15) is 4.79 Å². The Labute approximate surface area is 78.5 Å². The lowest BCUT2D eigenvalue weighted by Crippen LogP contribution is -2.34. The third-order valence-electron chi connectivity index (χ3n) is 2.35. The molecule has 0 radical (unpaired) electrons. The average molecular weight is 187 g/mol. The van der Waals surface area contributed by atoms with Crippen molar-refractivity contribution >= 4 is 5.97 Å². The largest absolute Gasteiger partial charge is 0.480 e. The zero-order valence-electron chi connectivity index (χ0n) is 8.03. The van der Waals surface area contributed by atoms with E-state index in [0.29, 0.717) is 12.6 Å². The van der Waals surface area contributed by atoms with Gasteiger partial charge in [-0.05, 0) is 32.9 Å². The molecule has 4 heteroatoms. The van der Waals surface area contributed by atoms with Crippen LogP contribution in [-0.4, -0.2) is 48.3 Å². The molecule has 0 aromatic carbocycles. The van der Waals surface area contributed by atoms with Gasteiger partial charge in [0.15, 0.2) is 0 Å². The second-order valence-corrected chi connectivity index (χ2v) is 3.50. The molecule has 1 N–H and O–H groups in total. The number of aliphatic carboxylic acids is 1. The molecule has 0 aromatic heterocycles. The Morgan fingerprint density at radius 3 is 2.69 bits per heavy atom. The highest BCUT2D eigenvalue weighted by Crippen LogP contribution is 2.11. The molecule has 76 valence electrons. The lowest BCUT2D eigenvalue weighted by atomic mass is 10.3. The maximum absolute atomic E-state index is 10.2. The Balaban J connectivity index is 2.09. The lowest BCUT2D eigenvalue weighted by molar-refractivity contribution is -0.142. The van der Waals surface area contributed by atoms with Crippen LogP contribution >= 0.6 is 0 Å². The fourth-order valence-corrected chi connectivity index (χ4v) is 1.60. The maximum Gasteiger partial charge on any atom is 0.329 e. The van der Waals surface area contributed by atoms with E-state index in [1.165, 1.54) is 12.8 Å². The Morgan fingerprint density at radius 1 is 1.54 bits per heavy atom. The van der Waals surface area contributed by atoms with Gasteiger partial charge in [-0.1, -0.05) is 0 Å². The highest BCUT2D eigenvalue weighted by Gasteiger charge is 2.17. The van der Waals surface area contributed by atoms with E-state index in [-0.39, 0.29) is 6.61 Å². The molecule has 0 spiro atoms. The molecule has 1 atom stereocenters. The first-order valence-electron chi connectivity index (χ1n) is 4.73. The second kappa shape index (κ2) is 5.19. The van der Waals surface area contributed by atoms with Crippen LogP contribution in [-0.2, 0) is 9.53 Å². The maximum atomic E-state index is 10.2. The SMILES string of the molecule is C[C@H](COCC(=O)O)N1CCCC1. The lowest BCUT2D eigenvalue weighted by Gasteiger charge is -2.22. The number of nitrogens with zero attached hydrogens (tertiary/aromatic N) is 1. The Hall–Kier alpha value is -0.610. The summed E-state index contributed by atoms with van der Waals surface area (Å²) in [5.41, 5.74) is 0. The van der Waals surface area contributed by atoms with E-state index in [1.807, 2.05) is 0 Å². The zero-order chi connectivity index (χ0) is 9.68. The van der Waals surface area contributed by atoms with Gasteiger partial charge in [-0.3, -0.25) is 4.90 Å². The number of hydrogen-bond donors (Lipinski definition) is 1. The topological polar surface area (TPSA) is 49.8 Å². The summed E-state index contributed by atoms with van der Waals surface area (Å²) in [6, 6.07) is 0.349. The highest BCUT2D eigenvalue weighted by atomic mass is 16.5. The molecule has 1 aliphatic heterocycles. The summed E-state index contributed by atoms with van der Waals surface area (Å²) in [6.45, 7) is 4.66. The summed E-state index contributed by atoms with van der Waals surface area (Å²) in [4.78, 5) is 12.5. The predicted octanol–water partition coefficient (Wildman–Crippen LogP) is 0.572. The molecule has 1 saturated heterocycles. The van der Waals surface area contributed by atoms with Gasteiger partial charge in [0, 0.05) is 6.04 Å². The number of carboxylic acid groups (broad SMARTS) is 1. The van der Waals surface area contributed by atoms with Crippen molar-refractivity contribution in [1.82, 2.24) is 4.90 Å². The van der Waals surface area contributed by atoms with Crippen LogP contribution in [0.25, 0.3) is 0 Å². The molecular weight excluding hydrogens is 170 g/mol. The van der Waals surface area contributed by atoms with Gasteiger partial charge in [0.05, 0.1) is 6.61 Å². The molecule has 13 heavy (non-hydrogen) atoms. The normalized spacial score (nSPS) is 20.4. The summed E-state index contributed by atoms with van der Waals surface area (Å²) in [6.07, 6.45) is 2.51. The van der Waals surface area contributed by atoms with Crippen LogP contribution in [0.4, 0.5) is 0 Å². The summed E-state index contributed by atoms with van der Waals surface area (Å²) in [7, 11) is 0. The average Bonchev–Trinajstić information content (AvgIpc) is 2.55. The smallest absolute Gasteiger partial charge is 0.329 e. The number of likely N-dealkylation sites (tertiary alicyclic amines) is 1. The third-order valence-corrected chi connectivity index (χ3v) is 2.35. The zero-order valence-corrected chi connectivity index (χ0v) is 8.03. The van der Waals surface area contributed by atoms with Gasteiger partial charge in [0.25, 0.3) is 0 Å². The third kappa shape index (κ3) is 3.74. The fraction of sp³-hybridized carbons (Fsp3) is 0.889. The second-order valence-electron chi connectivity index (χ2n) is 3.50. The molecule has 0 bridgehead atoms. The van der Waals surface area contributed by atoms with Crippen molar-refractivity contribution in [3.05, 3.63) is 0 Å². The van der Waals surface area contributed by atoms with Crippen molar-refractivity contribution in [3.63, 3.8) is 0 Å². The van der Waals surface area contributed by atoms with Crippen LogP contribution < -0.4 is 0 Å². The molecule has 0 unspecified atom stereocenters. The first-order valence-corrected chi connectivity index (χ1v) is 4.73. The van der Waals surface area contributed by atoms with Gasteiger partial charge >= 0.3 is 5.97 Å². The number of carbonyl (C=O) groups is 1. The van der Waals surface area contributed by atoms with Gasteiger partial charge in [0.2, 0.25) is 0 Å². The molecule has 4 nitrogen and oxygen atoms in total. The van der Waals surface area contributed by atoms with E-state index >= 15 is 0 Å². The van der Waals surface area contributed by atoms with E-state index in [0.717, 1.165) is 13.1 Å². The number of hydrogen-bond acceptors (Lipinski definition) is 3. The number of rotatable bonds is 5. The summed E-state index contributed by atoms with van der Waals surface area (Å²) < 4.78 is 5.03. The van der Waals surface area contributed by atoms with Crippen molar-refractivity contribution < 1.29 is 14.6 Å². The van der Waals surface area contributed by atoms with Crippen molar-refractivity contribution in [2.75, 3.05) is 26.3 Å². The van der Waals surface area contributed by atoms with Gasteiger partial charge in [-0.25, -0.2) is 4.79 Å². The monoisotopic (exact) mass is 187 g/mol. The standard InChI is InChI=1S/C9H17NO3/c1-8(6-13-7-9(11)12)10-4-2-3-5-10/h8H,2-7H2,1H3,(H,11,12)/t8-/m1/s1. The summed E-state index contributed by atoms with van der Waals surface area (Å²) in [5.74, 6) is -0.895. The van der Waals surface area contributed by atoms with Gasteiger partial charge in [-0.15, -0.1) is 0 Å². The van der Waals surface area contributed by atoms with Crippen LogP contribution in [0.15, 0.2) is 0 Å². The first-order chi connectivity index (χ1) is 6.20. The molecule has 1 heterocycles. The van der Waals surface area contributed by atoms with Crippen molar-refractivity contribution in [1.29, 1.82) is 0 Å². The Kier molecular flexibility index (Phi) is 4.18.